The lowest BCUT2D eigenvalue weighted by Crippen LogP contribution is -2.34. The van der Waals surface area contributed by atoms with E-state index in [4.69, 9.17) is 19.9 Å². The predicted molar refractivity (Wildman–Crippen MR) is 103 cm³/mol. The summed E-state index contributed by atoms with van der Waals surface area (Å²) in [5.74, 6) is 0.186. The van der Waals surface area contributed by atoms with Crippen LogP contribution in [0.25, 0.3) is 11.2 Å². The van der Waals surface area contributed by atoms with Crippen molar-refractivity contribution in [2.75, 3.05) is 31.7 Å². The third-order valence-corrected chi connectivity index (χ3v) is 5.23. The molecular weight excluding hydrogens is 396 g/mol. The van der Waals surface area contributed by atoms with Crippen LogP contribution < -0.4 is 11.1 Å². The van der Waals surface area contributed by atoms with Crippen molar-refractivity contribution in [1.82, 2.24) is 19.5 Å². The van der Waals surface area contributed by atoms with Crippen LogP contribution in [0.15, 0.2) is 12.7 Å². The van der Waals surface area contributed by atoms with Gasteiger partial charge in [0.25, 0.3) is 0 Å². The Morgan fingerprint density at radius 2 is 2.20 bits per heavy atom. The number of nitrogens with zero attached hydrogens (tertiary/aromatic N) is 4. The Morgan fingerprint density at radius 3 is 2.97 bits per heavy atom. The number of carbonyl (C=O) groups excluding carboxylic acids is 1. The lowest BCUT2D eigenvalue weighted by atomic mass is 10.1. The molecule has 2 fully saturated rings. The summed E-state index contributed by atoms with van der Waals surface area (Å²) in [7, 11) is 0. The number of nitrogens with two attached hydrogens (primary N) is 1. The number of nitrogens with one attached hydrogen (secondary N) is 1. The van der Waals surface area contributed by atoms with Crippen LogP contribution in [-0.2, 0) is 19.0 Å². The van der Waals surface area contributed by atoms with Crippen LogP contribution in [0.2, 0.25) is 0 Å². The van der Waals surface area contributed by atoms with Crippen molar-refractivity contribution < 1.29 is 29.2 Å². The number of primary amides is 1. The van der Waals surface area contributed by atoms with Gasteiger partial charge in [-0.15, -0.1) is 0 Å². The molecule has 0 radical (unpaired) electrons. The number of aliphatic hydroxyl groups is 2. The molecule has 0 saturated carbocycles. The molecule has 2 aromatic heterocycles. The smallest absolute Gasteiger partial charge is 0.217 e. The normalized spacial score (nSPS) is 28.9. The summed E-state index contributed by atoms with van der Waals surface area (Å²) in [6.07, 6.45) is 0.576. The number of ether oxygens (including phenoxy) is 3. The second-order valence-electron chi connectivity index (χ2n) is 7.44. The fraction of sp³-hybridized carbons (Fsp3) is 0.667. The average molecular weight is 422 g/mol. The maximum absolute atomic E-state index is 10.8. The number of hydrogen-bond donors (Lipinski definition) is 4. The minimum atomic E-state index is -1.18. The molecule has 0 spiro atoms. The molecule has 0 bridgehead atoms. The summed E-state index contributed by atoms with van der Waals surface area (Å²) in [6, 6.07) is 0.152. The molecule has 3 unspecified atom stereocenters. The van der Waals surface area contributed by atoms with Crippen molar-refractivity contribution >= 4 is 22.9 Å². The van der Waals surface area contributed by atoms with E-state index in [1.54, 1.807) is 4.57 Å². The minimum Gasteiger partial charge on any atom is -0.387 e. The molecule has 5 atom stereocenters. The summed E-state index contributed by atoms with van der Waals surface area (Å²) >= 11 is 0. The molecule has 30 heavy (non-hydrogen) atoms. The van der Waals surface area contributed by atoms with E-state index in [0.717, 1.165) is 6.42 Å². The number of amides is 1. The molecule has 12 nitrogen and oxygen atoms in total. The number of aliphatic hydroxyl groups excluding tert-OH is 2. The van der Waals surface area contributed by atoms with E-state index in [0.29, 0.717) is 43.2 Å². The lowest BCUT2D eigenvalue weighted by Gasteiger charge is -2.17. The largest absolute Gasteiger partial charge is 0.387 e. The first-order chi connectivity index (χ1) is 14.5. The van der Waals surface area contributed by atoms with Crippen molar-refractivity contribution in [2.24, 2.45) is 5.73 Å². The topological polar surface area (TPSA) is 167 Å². The fourth-order valence-electron chi connectivity index (χ4n) is 3.63. The highest BCUT2D eigenvalue weighted by molar-refractivity contribution is 5.82. The number of carbonyl (C=O) groups is 1. The Balaban J connectivity index is 1.43. The zero-order valence-electron chi connectivity index (χ0n) is 16.4. The van der Waals surface area contributed by atoms with Gasteiger partial charge in [-0.3, -0.25) is 9.36 Å². The minimum absolute atomic E-state index is 0.0730. The predicted octanol–water partition coefficient (Wildman–Crippen LogP) is -1.07. The molecule has 12 heteroatoms. The molecule has 5 N–H and O–H groups in total. The van der Waals surface area contributed by atoms with Crippen molar-refractivity contribution in [1.29, 1.82) is 0 Å². The van der Waals surface area contributed by atoms with E-state index in [1.165, 1.54) is 12.7 Å². The second kappa shape index (κ2) is 9.18. The lowest BCUT2D eigenvalue weighted by molar-refractivity contribution is -0.118. The van der Waals surface area contributed by atoms with Gasteiger partial charge in [0.1, 0.15) is 24.6 Å². The number of hydrogen-bond acceptors (Lipinski definition) is 10. The van der Waals surface area contributed by atoms with Gasteiger partial charge in [0.15, 0.2) is 23.2 Å². The molecule has 0 aliphatic carbocycles. The monoisotopic (exact) mass is 422 g/mol. The van der Waals surface area contributed by atoms with Crippen LogP contribution in [0, 0.1) is 0 Å². The van der Waals surface area contributed by atoms with Gasteiger partial charge in [-0.25, -0.2) is 15.0 Å². The summed E-state index contributed by atoms with van der Waals surface area (Å²) in [5, 5.41) is 24.2. The molecule has 2 aliphatic heterocycles. The Bertz CT molecular complexity index is 872. The van der Waals surface area contributed by atoms with Crippen LogP contribution in [-0.4, -0.2) is 86.4 Å². The standard InChI is InChI=1S/C18H26N6O6/c19-12(25)2-1-4-28-7-11-14(26)15(27)18(30-11)24-9-22-13-16(20-8-21-17(13)24)23-10-3-5-29-6-10/h8-11,14-15,18,26-27H,1-7H2,(H2,19,25)(H,20,21,23)/t10-,11?,14-,15?,18?/m1/s1. The third-order valence-electron chi connectivity index (χ3n) is 5.23. The van der Waals surface area contributed by atoms with Crippen LogP contribution in [0.4, 0.5) is 5.82 Å². The third kappa shape index (κ3) is 4.37. The zero-order chi connectivity index (χ0) is 21.1. The first kappa shape index (κ1) is 20.9. The Morgan fingerprint density at radius 1 is 1.33 bits per heavy atom. The summed E-state index contributed by atoms with van der Waals surface area (Å²) in [4.78, 5) is 23.7. The average Bonchev–Trinajstić information content (AvgIpc) is 3.44. The Hall–Kier alpha value is -2.38. The number of imidazole rings is 1. The molecule has 164 valence electrons. The highest BCUT2D eigenvalue weighted by atomic mass is 16.6. The van der Waals surface area contributed by atoms with E-state index in [9.17, 15) is 15.0 Å². The Kier molecular flexibility index (Phi) is 6.39. The van der Waals surface area contributed by atoms with E-state index >= 15 is 0 Å². The molecular formula is C18H26N6O6. The molecule has 0 aromatic carbocycles. The Labute approximate surface area is 172 Å². The van der Waals surface area contributed by atoms with Crippen molar-refractivity contribution in [3.63, 3.8) is 0 Å². The first-order valence-corrected chi connectivity index (χ1v) is 9.94. The quantitative estimate of drug-likeness (QED) is 0.365. The molecule has 4 heterocycles. The molecule has 2 aromatic rings. The number of aromatic nitrogens is 4. The van der Waals surface area contributed by atoms with E-state index in [-0.39, 0.29) is 19.1 Å². The highest BCUT2D eigenvalue weighted by Gasteiger charge is 2.44. The SMILES string of the molecule is NC(=O)CCCOCC1OC(n2cnc3c(N[C@@H]4CCOC4)ncnc32)C(O)[C@@H]1O. The summed E-state index contributed by atoms with van der Waals surface area (Å²) in [5.41, 5.74) is 6.11. The van der Waals surface area contributed by atoms with Gasteiger partial charge in [0.2, 0.25) is 5.91 Å². The number of fused-ring (bicyclic) bond motifs is 1. The van der Waals surface area contributed by atoms with Crippen LogP contribution >= 0.6 is 0 Å². The van der Waals surface area contributed by atoms with Gasteiger partial charge < -0.3 is 35.5 Å². The fourth-order valence-corrected chi connectivity index (χ4v) is 3.63. The van der Waals surface area contributed by atoms with Gasteiger partial charge >= 0.3 is 0 Å². The van der Waals surface area contributed by atoms with Crippen LogP contribution in [0.1, 0.15) is 25.5 Å². The van der Waals surface area contributed by atoms with Gasteiger partial charge in [-0.1, -0.05) is 0 Å². The second-order valence-corrected chi connectivity index (χ2v) is 7.44. The van der Waals surface area contributed by atoms with Gasteiger partial charge in [-0.2, -0.15) is 0 Å². The van der Waals surface area contributed by atoms with Crippen molar-refractivity contribution in [2.45, 2.75) is 49.8 Å². The van der Waals surface area contributed by atoms with Gasteiger partial charge in [0.05, 0.1) is 25.6 Å². The maximum Gasteiger partial charge on any atom is 0.217 e. The highest BCUT2D eigenvalue weighted by Crippen LogP contribution is 2.32. The zero-order valence-corrected chi connectivity index (χ0v) is 16.4. The van der Waals surface area contributed by atoms with Crippen LogP contribution in [0.3, 0.4) is 0 Å². The van der Waals surface area contributed by atoms with E-state index in [1.807, 2.05) is 0 Å². The molecule has 2 saturated heterocycles. The van der Waals surface area contributed by atoms with Crippen molar-refractivity contribution in [3.8, 4) is 0 Å². The maximum atomic E-state index is 10.8. The first-order valence-electron chi connectivity index (χ1n) is 9.94. The summed E-state index contributed by atoms with van der Waals surface area (Å²) in [6.45, 7) is 1.68. The van der Waals surface area contributed by atoms with E-state index in [2.05, 4.69) is 20.3 Å². The molecule has 4 rings (SSSR count). The van der Waals surface area contributed by atoms with Crippen molar-refractivity contribution in [3.05, 3.63) is 12.7 Å². The molecule has 2 aliphatic rings. The van der Waals surface area contributed by atoms with E-state index < -0.39 is 30.4 Å². The van der Waals surface area contributed by atoms with Crippen LogP contribution in [0.5, 0.6) is 0 Å². The van der Waals surface area contributed by atoms with Gasteiger partial charge in [0, 0.05) is 19.6 Å². The summed E-state index contributed by atoms with van der Waals surface area (Å²) < 4.78 is 18.3. The molecule has 1 amide bonds. The number of anilines is 1. The number of rotatable bonds is 9. The van der Waals surface area contributed by atoms with Gasteiger partial charge in [-0.05, 0) is 12.8 Å².